The number of rotatable bonds is 5. The zero-order valence-electron chi connectivity index (χ0n) is 8.71. The van der Waals surface area contributed by atoms with Crippen molar-refractivity contribution in [3.8, 4) is 11.5 Å². The Kier molecular flexibility index (Phi) is 4.52. The summed E-state index contributed by atoms with van der Waals surface area (Å²) in [5, 5.41) is 12.2. The van der Waals surface area contributed by atoms with Crippen molar-refractivity contribution in [3.63, 3.8) is 0 Å². The van der Waals surface area contributed by atoms with Gasteiger partial charge in [-0.1, -0.05) is 11.6 Å². The van der Waals surface area contributed by atoms with Crippen molar-refractivity contribution in [3.05, 3.63) is 17.2 Å². The molecule has 0 heterocycles. The fourth-order valence-electron chi connectivity index (χ4n) is 1.26. The van der Waals surface area contributed by atoms with Crippen LogP contribution in [0.3, 0.4) is 0 Å². The summed E-state index contributed by atoms with van der Waals surface area (Å²) >= 11 is 5.95. The van der Waals surface area contributed by atoms with Gasteiger partial charge >= 0.3 is 0 Å². The van der Waals surface area contributed by atoms with E-state index < -0.39 is 0 Å². The number of aliphatic hydroxyl groups is 1. The zero-order valence-corrected chi connectivity index (χ0v) is 9.47. The van der Waals surface area contributed by atoms with Crippen LogP contribution in [0.25, 0.3) is 0 Å². The highest BCUT2D eigenvalue weighted by Gasteiger charge is 2.12. The first kappa shape index (κ1) is 11.9. The molecule has 0 saturated heterocycles. The molecule has 0 unspecified atom stereocenters. The first-order valence-corrected chi connectivity index (χ1v) is 4.87. The maximum atomic E-state index is 8.75. The molecule has 0 radical (unpaired) electrons. The van der Waals surface area contributed by atoms with Gasteiger partial charge in [0.25, 0.3) is 0 Å². The molecule has 1 aromatic carbocycles. The van der Waals surface area contributed by atoms with E-state index in [-0.39, 0.29) is 6.61 Å². The van der Waals surface area contributed by atoms with Gasteiger partial charge in [0.1, 0.15) is 11.4 Å². The van der Waals surface area contributed by atoms with Crippen LogP contribution in [-0.2, 0) is 0 Å². The molecule has 0 saturated carbocycles. The van der Waals surface area contributed by atoms with Crippen LogP contribution in [0.15, 0.2) is 12.1 Å². The molecule has 0 aliphatic rings. The fourth-order valence-corrected chi connectivity index (χ4v) is 1.49. The van der Waals surface area contributed by atoms with Crippen LogP contribution in [0.2, 0.25) is 5.02 Å². The Morgan fingerprint density at radius 1 is 1.33 bits per heavy atom. The van der Waals surface area contributed by atoms with Gasteiger partial charge < -0.3 is 19.9 Å². The molecule has 15 heavy (non-hydrogen) atoms. The lowest BCUT2D eigenvalue weighted by molar-refractivity contribution is 0.310. The lowest BCUT2D eigenvalue weighted by Gasteiger charge is -2.15. The number of anilines is 1. The second-order valence-electron chi connectivity index (χ2n) is 2.81. The summed E-state index contributed by atoms with van der Waals surface area (Å²) in [5.41, 5.74) is 0.654. The third-order valence-corrected chi connectivity index (χ3v) is 2.21. The molecule has 1 aromatic rings. The van der Waals surface area contributed by atoms with Crippen molar-refractivity contribution >= 4 is 17.3 Å². The standard InChI is InChI=1S/C10H14ClNO3/c1-14-8-4-3-7(11)10(15-2)9(8)12-5-6-13/h3-4,12-13H,5-6H2,1-2H3. The molecule has 1 rings (SSSR count). The molecule has 0 aromatic heterocycles. The monoisotopic (exact) mass is 231 g/mol. The normalized spacial score (nSPS) is 9.87. The molecular weight excluding hydrogens is 218 g/mol. The van der Waals surface area contributed by atoms with E-state index in [4.69, 9.17) is 26.2 Å². The Bertz CT molecular complexity index is 331. The predicted octanol–water partition coefficient (Wildman–Crippen LogP) is 1.76. The topological polar surface area (TPSA) is 50.7 Å². The van der Waals surface area contributed by atoms with Crippen molar-refractivity contribution in [2.45, 2.75) is 0 Å². The molecule has 5 heteroatoms. The average Bonchev–Trinajstić information content (AvgIpc) is 2.26. The first-order valence-electron chi connectivity index (χ1n) is 4.49. The van der Waals surface area contributed by atoms with Crippen molar-refractivity contribution in [1.82, 2.24) is 0 Å². The largest absolute Gasteiger partial charge is 0.494 e. The van der Waals surface area contributed by atoms with E-state index in [2.05, 4.69) is 5.32 Å². The van der Waals surface area contributed by atoms with Crippen LogP contribution >= 0.6 is 11.6 Å². The summed E-state index contributed by atoms with van der Waals surface area (Å²) in [6.07, 6.45) is 0. The summed E-state index contributed by atoms with van der Waals surface area (Å²) in [6.45, 7) is 0.436. The Morgan fingerprint density at radius 3 is 2.60 bits per heavy atom. The maximum Gasteiger partial charge on any atom is 0.164 e. The lowest BCUT2D eigenvalue weighted by atomic mass is 10.2. The number of halogens is 1. The quantitative estimate of drug-likeness (QED) is 0.811. The summed E-state index contributed by atoms with van der Waals surface area (Å²) < 4.78 is 10.3. The molecular formula is C10H14ClNO3. The number of nitrogens with one attached hydrogen (secondary N) is 1. The van der Waals surface area contributed by atoms with E-state index in [1.54, 1.807) is 19.2 Å². The second-order valence-corrected chi connectivity index (χ2v) is 3.22. The molecule has 2 N–H and O–H groups in total. The van der Waals surface area contributed by atoms with Gasteiger partial charge in [0.15, 0.2) is 5.75 Å². The molecule has 0 bridgehead atoms. The van der Waals surface area contributed by atoms with Crippen molar-refractivity contribution in [1.29, 1.82) is 0 Å². The Hall–Kier alpha value is -1.13. The van der Waals surface area contributed by atoms with Crippen LogP contribution in [0.4, 0.5) is 5.69 Å². The van der Waals surface area contributed by atoms with E-state index in [0.29, 0.717) is 28.8 Å². The zero-order chi connectivity index (χ0) is 11.3. The number of methoxy groups -OCH3 is 2. The van der Waals surface area contributed by atoms with Crippen molar-refractivity contribution < 1.29 is 14.6 Å². The van der Waals surface area contributed by atoms with E-state index in [1.807, 2.05) is 0 Å². The molecule has 0 fully saturated rings. The third-order valence-electron chi connectivity index (χ3n) is 1.91. The summed E-state index contributed by atoms with van der Waals surface area (Å²) in [6, 6.07) is 3.44. The highest BCUT2D eigenvalue weighted by Crippen LogP contribution is 2.39. The predicted molar refractivity (Wildman–Crippen MR) is 60.1 cm³/mol. The molecule has 0 aliphatic carbocycles. The van der Waals surface area contributed by atoms with Crippen LogP contribution in [-0.4, -0.2) is 32.5 Å². The van der Waals surface area contributed by atoms with Crippen molar-refractivity contribution in [2.75, 3.05) is 32.7 Å². The van der Waals surface area contributed by atoms with Gasteiger partial charge in [0.05, 0.1) is 25.8 Å². The van der Waals surface area contributed by atoms with E-state index in [1.165, 1.54) is 7.11 Å². The van der Waals surface area contributed by atoms with Gasteiger partial charge in [-0.2, -0.15) is 0 Å². The lowest BCUT2D eigenvalue weighted by Crippen LogP contribution is -2.08. The summed E-state index contributed by atoms with van der Waals surface area (Å²) in [4.78, 5) is 0. The molecule has 4 nitrogen and oxygen atoms in total. The minimum Gasteiger partial charge on any atom is -0.494 e. The van der Waals surface area contributed by atoms with Gasteiger partial charge in [0.2, 0.25) is 0 Å². The van der Waals surface area contributed by atoms with Crippen molar-refractivity contribution in [2.24, 2.45) is 0 Å². The van der Waals surface area contributed by atoms with Crippen LogP contribution in [0.1, 0.15) is 0 Å². The number of ether oxygens (including phenoxy) is 2. The Balaban J connectivity index is 3.09. The van der Waals surface area contributed by atoms with Gasteiger partial charge in [-0.15, -0.1) is 0 Å². The number of hydrogen-bond donors (Lipinski definition) is 2. The Morgan fingerprint density at radius 2 is 2.07 bits per heavy atom. The molecule has 0 amide bonds. The maximum absolute atomic E-state index is 8.75. The van der Waals surface area contributed by atoms with Gasteiger partial charge in [-0.25, -0.2) is 0 Å². The SMILES string of the molecule is COc1ccc(Cl)c(OC)c1NCCO. The highest BCUT2D eigenvalue weighted by molar-refractivity contribution is 6.32. The van der Waals surface area contributed by atoms with Crippen LogP contribution in [0.5, 0.6) is 11.5 Å². The smallest absolute Gasteiger partial charge is 0.164 e. The highest BCUT2D eigenvalue weighted by atomic mass is 35.5. The van der Waals surface area contributed by atoms with E-state index in [0.717, 1.165) is 0 Å². The first-order chi connectivity index (χ1) is 7.24. The summed E-state index contributed by atoms with van der Waals surface area (Å²) in [7, 11) is 3.09. The van der Waals surface area contributed by atoms with E-state index in [9.17, 15) is 0 Å². The van der Waals surface area contributed by atoms with Gasteiger partial charge in [-0.3, -0.25) is 0 Å². The third kappa shape index (κ3) is 2.67. The minimum atomic E-state index is 0.0266. The average molecular weight is 232 g/mol. The summed E-state index contributed by atoms with van der Waals surface area (Å²) in [5.74, 6) is 1.15. The second kappa shape index (κ2) is 5.68. The van der Waals surface area contributed by atoms with Gasteiger partial charge in [0, 0.05) is 6.54 Å². The Labute approximate surface area is 93.8 Å². The minimum absolute atomic E-state index is 0.0266. The number of hydrogen-bond acceptors (Lipinski definition) is 4. The van der Waals surface area contributed by atoms with Gasteiger partial charge in [-0.05, 0) is 12.1 Å². The number of aliphatic hydroxyl groups excluding tert-OH is 1. The van der Waals surface area contributed by atoms with Crippen LogP contribution < -0.4 is 14.8 Å². The molecule has 0 aliphatic heterocycles. The van der Waals surface area contributed by atoms with E-state index >= 15 is 0 Å². The molecule has 0 spiro atoms. The molecule has 84 valence electrons. The molecule has 0 atom stereocenters. The fraction of sp³-hybridized carbons (Fsp3) is 0.400. The van der Waals surface area contributed by atoms with Crippen LogP contribution in [0, 0.1) is 0 Å². The number of benzene rings is 1.